The van der Waals surface area contributed by atoms with Gasteiger partial charge in [-0.1, -0.05) is 24.8 Å². The van der Waals surface area contributed by atoms with E-state index in [9.17, 15) is 13.2 Å². The molecule has 0 saturated carbocycles. The molecule has 0 aliphatic carbocycles. The Morgan fingerprint density at radius 3 is 2.26 bits per heavy atom. The number of sulfonamides is 1. The van der Waals surface area contributed by atoms with Gasteiger partial charge in [-0.25, -0.2) is 8.42 Å². The van der Waals surface area contributed by atoms with Crippen LogP contribution in [-0.2, 0) is 14.8 Å². The van der Waals surface area contributed by atoms with E-state index in [1.165, 1.54) is 12.1 Å². The number of hydrogen-bond acceptors (Lipinski definition) is 3. The van der Waals surface area contributed by atoms with Crippen LogP contribution in [0.3, 0.4) is 0 Å². The first kappa shape index (κ1) is 15.4. The molecule has 0 saturated heterocycles. The number of aliphatic carboxylic acids is 1. The monoisotopic (exact) mass is 283 g/mol. The Hall–Kier alpha value is -1.66. The predicted octanol–water partition coefficient (Wildman–Crippen LogP) is 1.81. The van der Waals surface area contributed by atoms with E-state index in [4.69, 9.17) is 5.11 Å². The Morgan fingerprint density at radius 2 is 1.89 bits per heavy atom. The molecule has 0 aliphatic heterocycles. The fourth-order valence-corrected chi connectivity index (χ4v) is 3.18. The fourth-order valence-electron chi connectivity index (χ4n) is 1.59. The second kappa shape index (κ2) is 5.99. The summed E-state index contributed by atoms with van der Waals surface area (Å²) in [4.78, 5) is 10.9. The van der Waals surface area contributed by atoms with Gasteiger partial charge in [0.15, 0.2) is 0 Å². The molecule has 6 heteroatoms. The first-order valence-corrected chi connectivity index (χ1v) is 7.19. The van der Waals surface area contributed by atoms with Crippen molar-refractivity contribution in [1.82, 2.24) is 4.31 Å². The third-order valence-corrected chi connectivity index (χ3v) is 4.63. The van der Waals surface area contributed by atoms with Crippen molar-refractivity contribution in [1.29, 1.82) is 0 Å². The molecule has 19 heavy (non-hydrogen) atoms. The average Bonchev–Trinajstić information content (AvgIpc) is 2.35. The number of carboxylic acid groups (broad SMARTS) is 1. The maximum Gasteiger partial charge on any atom is 0.318 e. The molecule has 0 bridgehead atoms. The molecule has 0 aliphatic rings. The van der Waals surface area contributed by atoms with Crippen molar-refractivity contribution in [2.45, 2.75) is 24.8 Å². The molecule has 0 radical (unpaired) electrons. The zero-order valence-corrected chi connectivity index (χ0v) is 11.7. The number of carbonyl (C=O) groups is 1. The highest BCUT2D eigenvalue weighted by atomic mass is 32.2. The van der Waals surface area contributed by atoms with Crippen molar-refractivity contribution in [3.8, 4) is 0 Å². The molecular formula is C13H17NO4S. The zero-order valence-electron chi connectivity index (χ0n) is 10.9. The quantitative estimate of drug-likeness (QED) is 0.864. The molecule has 0 heterocycles. The summed E-state index contributed by atoms with van der Waals surface area (Å²) < 4.78 is 25.6. The van der Waals surface area contributed by atoms with Crippen molar-refractivity contribution >= 4 is 22.1 Å². The lowest BCUT2D eigenvalue weighted by Crippen LogP contribution is -2.40. The lowest BCUT2D eigenvalue weighted by Gasteiger charge is -2.24. The lowest BCUT2D eigenvalue weighted by atomic mass is 10.2. The SMILES string of the molecule is C=Cc1ccc(S(=O)(=O)N(CC(=O)O)C(C)C)cc1. The van der Waals surface area contributed by atoms with Crippen LogP contribution >= 0.6 is 0 Å². The number of carboxylic acids is 1. The Labute approximate surface area is 113 Å². The standard InChI is InChI=1S/C13H17NO4S/c1-4-11-5-7-12(8-6-11)19(17,18)14(10(2)3)9-13(15)16/h4-8,10H,1,9H2,2-3H3,(H,15,16). The molecule has 1 aromatic carbocycles. The Morgan fingerprint density at radius 1 is 1.37 bits per heavy atom. The summed E-state index contributed by atoms with van der Waals surface area (Å²) in [6, 6.07) is 5.71. The van der Waals surface area contributed by atoms with Crippen LogP contribution in [0.25, 0.3) is 6.08 Å². The second-order valence-electron chi connectivity index (χ2n) is 4.31. The molecule has 104 valence electrons. The van der Waals surface area contributed by atoms with Gasteiger partial charge >= 0.3 is 5.97 Å². The molecule has 0 spiro atoms. The topological polar surface area (TPSA) is 74.7 Å². The van der Waals surface area contributed by atoms with Crippen LogP contribution in [0, 0.1) is 0 Å². The van der Waals surface area contributed by atoms with Crippen molar-refractivity contribution in [3.63, 3.8) is 0 Å². The highest BCUT2D eigenvalue weighted by molar-refractivity contribution is 7.89. The fraction of sp³-hybridized carbons (Fsp3) is 0.308. The predicted molar refractivity (Wildman–Crippen MR) is 73.2 cm³/mol. The van der Waals surface area contributed by atoms with Gasteiger partial charge in [0.25, 0.3) is 0 Å². The first-order valence-electron chi connectivity index (χ1n) is 5.75. The summed E-state index contributed by atoms with van der Waals surface area (Å²) in [7, 11) is -3.80. The Balaban J connectivity index is 3.18. The van der Waals surface area contributed by atoms with Gasteiger partial charge in [-0.15, -0.1) is 0 Å². The minimum atomic E-state index is -3.80. The van der Waals surface area contributed by atoms with E-state index < -0.39 is 28.6 Å². The van der Waals surface area contributed by atoms with E-state index in [1.54, 1.807) is 32.1 Å². The van der Waals surface area contributed by atoms with Gasteiger partial charge < -0.3 is 5.11 Å². The molecule has 1 N–H and O–H groups in total. The van der Waals surface area contributed by atoms with Crippen molar-refractivity contribution in [3.05, 3.63) is 36.4 Å². The largest absolute Gasteiger partial charge is 0.480 e. The van der Waals surface area contributed by atoms with Gasteiger partial charge in [-0.2, -0.15) is 4.31 Å². The van der Waals surface area contributed by atoms with Crippen LogP contribution in [0.4, 0.5) is 0 Å². The van der Waals surface area contributed by atoms with Gasteiger partial charge in [-0.3, -0.25) is 4.79 Å². The van der Waals surface area contributed by atoms with E-state index in [1.807, 2.05) is 0 Å². The normalized spacial score (nSPS) is 11.8. The summed E-state index contributed by atoms with van der Waals surface area (Å²) >= 11 is 0. The number of rotatable bonds is 6. The van der Waals surface area contributed by atoms with Gasteiger partial charge in [0, 0.05) is 6.04 Å². The van der Waals surface area contributed by atoms with E-state index in [0.717, 1.165) is 9.87 Å². The highest BCUT2D eigenvalue weighted by Gasteiger charge is 2.28. The Kier molecular flexibility index (Phi) is 4.85. The molecule has 1 rings (SSSR count). The molecule has 0 atom stereocenters. The maximum absolute atomic E-state index is 12.3. The minimum absolute atomic E-state index is 0.0769. The molecule has 0 unspecified atom stereocenters. The summed E-state index contributed by atoms with van der Waals surface area (Å²) in [5.41, 5.74) is 0.799. The smallest absolute Gasteiger partial charge is 0.318 e. The van der Waals surface area contributed by atoms with Gasteiger partial charge in [0.05, 0.1) is 4.90 Å². The number of benzene rings is 1. The van der Waals surface area contributed by atoms with Crippen molar-refractivity contribution in [2.24, 2.45) is 0 Å². The molecule has 1 aromatic rings. The van der Waals surface area contributed by atoms with Crippen molar-refractivity contribution < 1.29 is 18.3 Å². The maximum atomic E-state index is 12.3. The van der Waals surface area contributed by atoms with Crippen LogP contribution < -0.4 is 0 Å². The average molecular weight is 283 g/mol. The highest BCUT2D eigenvalue weighted by Crippen LogP contribution is 2.19. The van der Waals surface area contributed by atoms with E-state index >= 15 is 0 Å². The van der Waals surface area contributed by atoms with Gasteiger partial charge in [0.2, 0.25) is 10.0 Å². The van der Waals surface area contributed by atoms with Crippen LogP contribution in [-0.4, -0.2) is 36.4 Å². The van der Waals surface area contributed by atoms with Crippen molar-refractivity contribution in [2.75, 3.05) is 6.54 Å². The second-order valence-corrected chi connectivity index (χ2v) is 6.20. The summed E-state index contributed by atoms with van der Waals surface area (Å²) in [5, 5.41) is 8.81. The van der Waals surface area contributed by atoms with Crippen LogP contribution in [0.15, 0.2) is 35.7 Å². The molecule has 5 nitrogen and oxygen atoms in total. The third-order valence-electron chi connectivity index (χ3n) is 2.59. The van der Waals surface area contributed by atoms with Crippen LogP contribution in [0.2, 0.25) is 0 Å². The van der Waals surface area contributed by atoms with Crippen LogP contribution in [0.1, 0.15) is 19.4 Å². The molecular weight excluding hydrogens is 266 g/mol. The van der Waals surface area contributed by atoms with Gasteiger partial charge in [0.1, 0.15) is 6.54 Å². The van der Waals surface area contributed by atoms with Gasteiger partial charge in [-0.05, 0) is 31.5 Å². The first-order chi connectivity index (χ1) is 8.78. The summed E-state index contributed by atoms with van der Waals surface area (Å²) in [5.74, 6) is -1.18. The molecule has 0 fully saturated rings. The third kappa shape index (κ3) is 3.65. The summed E-state index contributed by atoms with van der Waals surface area (Å²) in [6.07, 6.45) is 1.61. The van der Waals surface area contributed by atoms with E-state index in [0.29, 0.717) is 0 Å². The minimum Gasteiger partial charge on any atom is -0.480 e. The summed E-state index contributed by atoms with van der Waals surface area (Å²) in [6.45, 7) is 6.31. The number of nitrogens with zero attached hydrogens (tertiary/aromatic N) is 1. The van der Waals surface area contributed by atoms with Crippen LogP contribution in [0.5, 0.6) is 0 Å². The van der Waals surface area contributed by atoms with E-state index in [-0.39, 0.29) is 4.90 Å². The Bertz CT molecular complexity index is 561. The molecule has 0 aromatic heterocycles. The molecule has 0 amide bonds. The zero-order chi connectivity index (χ0) is 14.6. The number of hydrogen-bond donors (Lipinski definition) is 1. The van der Waals surface area contributed by atoms with E-state index in [2.05, 4.69) is 6.58 Å². The lowest BCUT2D eigenvalue weighted by molar-refractivity contribution is -0.137.